The van der Waals surface area contributed by atoms with Gasteiger partial charge in [-0.3, -0.25) is 0 Å². The van der Waals surface area contributed by atoms with Crippen molar-refractivity contribution in [3.8, 4) is 0 Å². The van der Waals surface area contributed by atoms with E-state index in [9.17, 15) is 0 Å². The highest BCUT2D eigenvalue weighted by molar-refractivity contribution is 5.10. The Morgan fingerprint density at radius 2 is 2.00 bits per heavy atom. The second kappa shape index (κ2) is 4.03. The third-order valence-electron chi connectivity index (χ3n) is 6.14. The highest BCUT2D eigenvalue weighted by atomic mass is 15.6. The third-order valence-corrected chi connectivity index (χ3v) is 6.14. The topological polar surface area (TPSA) is 69.6 Å². The van der Waals surface area contributed by atoms with Crippen LogP contribution < -0.4 is 5.73 Å². The Morgan fingerprint density at radius 3 is 2.55 bits per heavy atom. The molecule has 5 nitrogen and oxygen atoms in total. The molecule has 0 radical (unpaired) electrons. The fourth-order valence-corrected chi connectivity index (χ4v) is 6.05. The summed E-state index contributed by atoms with van der Waals surface area (Å²) in [5.74, 6) is 2.64. The zero-order valence-electron chi connectivity index (χ0n) is 12.5. The highest BCUT2D eigenvalue weighted by Gasteiger charge is 2.57. The molecule has 4 fully saturated rings. The van der Waals surface area contributed by atoms with Gasteiger partial charge in [-0.1, -0.05) is 6.92 Å². The van der Waals surface area contributed by atoms with Crippen molar-refractivity contribution in [2.75, 3.05) is 0 Å². The molecule has 20 heavy (non-hydrogen) atoms. The van der Waals surface area contributed by atoms with Gasteiger partial charge in [0.15, 0.2) is 5.82 Å². The molecular weight excluding hydrogens is 250 g/mol. The highest BCUT2D eigenvalue weighted by Crippen LogP contribution is 2.66. The molecule has 0 saturated heterocycles. The van der Waals surface area contributed by atoms with Gasteiger partial charge in [0.2, 0.25) is 0 Å². The van der Waals surface area contributed by atoms with Crippen molar-refractivity contribution in [3.05, 3.63) is 5.82 Å². The molecule has 5 rings (SSSR count). The van der Waals surface area contributed by atoms with Gasteiger partial charge in [0.1, 0.15) is 0 Å². The van der Waals surface area contributed by atoms with Gasteiger partial charge >= 0.3 is 0 Å². The van der Waals surface area contributed by atoms with Crippen LogP contribution in [0.3, 0.4) is 0 Å². The van der Waals surface area contributed by atoms with Gasteiger partial charge in [0.05, 0.1) is 7.05 Å². The molecule has 2 N–H and O–H groups in total. The Morgan fingerprint density at radius 1 is 1.30 bits per heavy atom. The van der Waals surface area contributed by atoms with E-state index in [2.05, 4.69) is 22.3 Å². The van der Waals surface area contributed by atoms with Crippen molar-refractivity contribution in [1.82, 2.24) is 20.2 Å². The van der Waals surface area contributed by atoms with E-state index in [1.807, 2.05) is 7.05 Å². The van der Waals surface area contributed by atoms with Crippen molar-refractivity contribution in [2.24, 2.45) is 35.4 Å². The van der Waals surface area contributed by atoms with Crippen molar-refractivity contribution in [1.29, 1.82) is 0 Å². The number of aromatic nitrogens is 4. The maximum absolute atomic E-state index is 6.66. The quantitative estimate of drug-likeness (QED) is 0.911. The predicted molar refractivity (Wildman–Crippen MR) is 75.7 cm³/mol. The third kappa shape index (κ3) is 1.90. The monoisotopic (exact) mass is 275 g/mol. The van der Waals surface area contributed by atoms with Crippen molar-refractivity contribution >= 4 is 0 Å². The second-order valence-electron chi connectivity index (χ2n) is 8.14. The average molecular weight is 275 g/mol. The van der Waals surface area contributed by atoms with Crippen molar-refractivity contribution in [2.45, 2.75) is 57.9 Å². The summed E-state index contributed by atoms with van der Waals surface area (Å²) in [6, 6.07) is 0.192. The second-order valence-corrected chi connectivity index (χ2v) is 8.14. The van der Waals surface area contributed by atoms with Crippen LogP contribution in [0.25, 0.3) is 0 Å². The first-order valence-electron chi connectivity index (χ1n) is 7.95. The van der Waals surface area contributed by atoms with Crippen LogP contribution in [-0.4, -0.2) is 26.2 Å². The van der Waals surface area contributed by atoms with Crippen LogP contribution in [0.15, 0.2) is 0 Å². The van der Waals surface area contributed by atoms with Crippen LogP contribution >= 0.6 is 0 Å². The number of hydrogen-bond acceptors (Lipinski definition) is 4. The van der Waals surface area contributed by atoms with E-state index in [4.69, 9.17) is 5.73 Å². The van der Waals surface area contributed by atoms with E-state index in [0.717, 1.165) is 24.1 Å². The number of nitrogens with two attached hydrogens (primary N) is 1. The summed E-state index contributed by atoms with van der Waals surface area (Å²) in [6.45, 7) is 2.49. The molecule has 4 aliphatic carbocycles. The first-order chi connectivity index (χ1) is 9.46. The lowest BCUT2D eigenvalue weighted by atomic mass is 9.43. The minimum atomic E-state index is 0.192. The van der Waals surface area contributed by atoms with Gasteiger partial charge in [-0.2, -0.15) is 4.80 Å². The molecule has 1 aromatic heterocycles. The largest absolute Gasteiger partial charge is 0.327 e. The molecule has 110 valence electrons. The lowest BCUT2D eigenvalue weighted by molar-refractivity contribution is -0.113. The van der Waals surface area contributed by atoms with Crippen LogP contribution in [-0.2, 0) is 13.5 Å². The van der Waals surface area contributed by atoms with Crippen LogP contribution in [0, 0.1) is 22.7 Å². The Labute approximate surface area is 120 Å². The van der Waals surface area contributed by atoms with Gasteiger partial charge < -0.3 is 5.73 Å². The lowest BCUT2D eigenvalue weighted by Crippen LogP contribution is -2.58. The molecule has 3 unspecified atom stereocenters. The number of rotatable bonds is 3. The molecule has 0 aromatic carbocycles. The van der Waals surface area contributed by atoms with Gasteiger partial charge in [-0.05, 0) is 66.4 Å². The number of tetrazole rings is 1. The Hall–Kier alpha value is -0.970. The molecular formula is C15H25N5. The summed E-state index contributed by atoms with van der Waals surface area (Å²) >= 11 is 0. The molecule has 4 saturated carbocycles. The molecule has 3 atom stereocenters. The van der Waals surface area contributed by atoms with Crippen molar-refractivity contribution in [3.63, 3.8) is 0 Å². The molecule has 1 heterocycles. The van der Waals surface area contributed by atoms with Crippen molar-refractivity contribution < 1.29 is 0 Å². The van der Waals surface area contributed by atoms with E-state index in [0.29, 0.717) is 10.8 Å². The SMILES string of the molecule is Cn1nnc(CC(N)C23CC4CC(CC(C)(C4)C2)C3)n1. The molecule has 0 aliphatic heterocycles. The average Bonchev–Trinajstić information content (AvgIpc) is 2.71. The van der Waals surface area contributed by atoms with Gasteiger partial charge in [-0.25, -0.2) is 0 Å². The fraction of sp³-hybridized carbons (Fsp3) is 0.933. The first kappa shape index (κ1) is 12.7. The van der Waals surface area contributed by atoms with Gasteiger partial charge in [0, 0.05) is 12.5 Å². The maximum Gasteiger partial charge on any atom is 0.176 e. The summed E-state index contributed by atoms with van der Waals surface area (Å²) in [7, 11) is 1.81. The van der Waals surface area contributed by atoms with Gasteiger partial charge in [0.25, 0.3) is 0 Å². The van der Waals surface area contributed by atoms with Crippen LogP contribution in [0.1, 0.15) is 51.3 Å². The first-order valence-corrected chi connectivity index (χ1v) is 7.95. The summed E-state index contributed by atoms with van der Waals surface area (Å²) in [5, 5.41) is 12.4. The lowest BCUT2D eigenvalue weighted by Gasteiger charge is -2.63. The Bertz CT molecular complexity index is 508. The number of aryl methyl sites for hydroxylation is 1. The fourth-order valence-electron chi connectivity index (χ4n) is 6.05. The normalized spacial score (nSPS) is 44.0. The number of nitrogens with zero attached hydrogens (tertiary/aromatic N) is 4. The Kier molecular flexibility index (Phi) is 2.57. The Balaban J connectivity index is 1.57. The summed E-state index contributed by atoms with van der Waals surface area (Å²) in [6.07, 6.45) is 9.08. The zero-order valence-corrected chi connectivity index (χ0v) is 12.5. The zero-order chi connectivity index (χ0) is 14.0. The molecule has 5 heteroatoms. The van der Waals surface area contributed by atoms with E-state index < -0.39 is 0 Å². The van der Waals surface area contributed by atoms with Gasteiger partial charge in [-0.15, -0.1) is 10.2 Å². The van der Waals surface area contributed by atoms with E-state index in [-0.39, 0.29) is 6.04 Å². The molecule has 4 aliphatic rings. The smallest absolute Gasteiger partial charge is 0.176 e. The number of hydrogen-bond donors (Lipinski definition) is 1. The van der Waals surface area contributed by atoms with E-state index in [1.54, 1.807) is 0 Å². The molecule has 4 bridgehead atoms. The van der Waals surface area contributed by atoms with Crippen LogP contribution in [0.5, 0.6) is 0 Å². The minimum Gasteiger partial charge on any atom is -0.327 e. The summed E-state index contributed by atoms with van der Waals surface area (Å²) in [4.78, 5) is 1.53. The van der Waals surface area contributed by atoms with Crippen LogP contribution in [0.2, 0.25) is 0 Å². The standard InChI is InChI=1S/C15H25N5/c1-14-5-10-3-11(6-14)8-15(7-10,9-14)12(16)4-13-17-19-20(2)18-13/h10-12H,3-9,16H2,1-2H3. The molecule has 0 spiro atoms. The molecule has 0 amide bonds. The van der Waals surface area contributed by atoms with E-state index in [1.165, 1.54) is 43.3 Å². The summed E-state index contributed by atoms with van der Waals surface area (Å²) < 4.78 is 0. The minimum absolute atomic E-state index is 0.192. The predicted octanol–water partition coefficient (Wildman–Crippen LogP) is 1.69. The summed E-state index contributed by atoms with van der Waals surface area (Å²) in [5.41, 5.74) is 7.55. The van der Waals surface area contributed by atoms with E-state index >= 15 is 0 Å². The van der Waals surface area contributed by atoms with Crippen LogP contribution in [0.4, 0.5) is 0 Å². The molecule has 1 aromatic rings. The maximum atomic E-state index is 6.66.